The van der Waals surface area contributed by atoms with Crippen molar-refractivity contribution in [3.63, 3.8) is 0 Å². The minimum atomic E-state index is 0.0682. The van der Waals surface area contributed by atoms with Crippen LogP contribution in [0.3, 0.4) is 0 Å². The van der Waals surface area contributed by atoms with Crippen LogP contribution < -0.4 is 15.8 Å². The summed E-state index contributed by atoms with van der Waals surface area (Å²) < 4.78 is 5.63. The van der Waals surface area contributed by atoms with E-state index < -0.39 is 0 Å². The first-order valence-corrected chi connectivity index (χ1v) is 7.19. The predicted molar refractivity (Wildman–Crippen MR) is 82.8 cm³/mol. The van der Waals surface area contributed by atoms with E-state index in [1.807, 2.05) is 32.0 Å². The average molecular weight is 278 g/mol. The minimum absolute atomic E-state index is 0.0682. The van der Waals surface area contributed by atoms with Crippen LogP contribution >= 0.6 is 0 Å². The number of benzene rings is 1. The van der Waals surface area contributed by atoms with Crippen molar-refractivity contribution < 1.29 is 9.53 Å². The van der Waals surface area contributed by atoms with E-state index in [9.17, 15) is 4.79 Å². The normalized spacial score (nSPS) is 10.9. The van der Waals surface area contributed by atoms with Gasteiger partial charge in [-0.05, 0) is 43.9 Å². The number of ether oxygens (including phenoxy) is 1. The van der Waals surface area contributed by atoms with Crippen molar-refractivity contribution in [2.75, 3.05) is 12.3 Å². The molecule has 0 aliphatic carbocycles. The second-order valence-corrected chi connectivity index (χ2v) is 5.80. The fraction of sp³-hybridized carbons (Fsp3) is 0.562. The molecule has 4 heteroatoms. The molecule has 3 N–H and O–H groups in total. The highest BCUT2D eigenvalue weighted by Gasteiger charge is 2.07. The number of anilines is 1. The molecule has 20 heavy (non-hydrogen) atoms. The van der Waals surface area contributed by atoms with E-state index >= 15 is 0 Å². The average Bonchev–Trinajstić information content (AvgIpc) is 2.34. The molecule has 0 aliphatic rings. The maximum Gasteiger partial charge on any atom is 0.220 e. The largest absolute Gasteiger partial charge is 0.491 e. The summed E-state index contributed by atoms with van der Waals surface area (Å²) in [6, 6.07) is 5.92. The number of nitrogens with one attached hydrogen (secondary N) is 1. The van der Waals surface area contributed by atoms with Gasteiger partial charge in [-0.25, -0.2) is 0 Å². The molecule has 0 heterocycles. The number of carbonyl (C=O) groups excluding carboxylic acids is 1. The van der Waals surface area contributed by atoms with Gasteiger partial charge in [0.05, 0.1) is 12.3 Å². The van der Waals surface area contributed by atoms with Crippen LogP contribution in [0.15, 0.2) is 18.2 Å². The molecular weight excluding hydrogens is 252 g/mol. The minimum Gasteiger partial charge on any atom is -0.491 e. The van der Waals surface area contributed by atoms with E-state index in [4.69, 9.17) is 10.5 Å². The summed E-state index contributed by atoms with van der Waals surface area (Å²) in [4.78, 5) is 11.6. The number of nitrogens with two attached hydrogens (primary N) is 1. The first kappa shape index (κ1) is 16.3. The molecule has 0 aromatic heterocycles. The van der Waals surface area contributed by atoms with Gasteiger partial charge in [-0.15, -0.1) is 0 Å². The van der Waals surface area contributed by atoms with Crippen LogP contribution in [0.5, 0.6) is 5.75 Å². The Bertz CT molecular complexity index is 442. The summed E-state index contributed by atoms with van der Waals surface area (Å²) in [5, 5.41) is 2.88. The molecule has 1 amide bonds. The number of amides is 1. The Kier molecular flexibility index (Phi) is 6.36. The standard InChI is InChI=1S/C16H26N2O2/c1-11(2)10-20-15-7-5-13(9-14(15)17)6-8-16(19)18-12(3)4/h5,7,9,11-12H,6,8,10,17H2,1-4H3,(H,18,19). The molecule has 1 aromatic rings. The third-order valence-electron chi connectivity index (χ3n) is 2.74. The summed E-state index contributed by atoms with van der Waals surface area (Å²) in [6.45, 7) is 8.75. The highest BCUT2D eigenvalue weighted by molar-refractivity contribution is 5.76. The molecule has 0 unspecified atom stereocenters. The predicted octanol–water partition coefficient (Wildman–Crippen LogP) is 2.76. The van der Waals surface area contributed by atoms with E-state index in [-0.39, 0.29) is 11.9 Å². The monoisotopic (exact) mass is 278 g/mol. The van der Waals surface area contributed by atoms with Crippen molar-refractivity contribution >= 4 is 11.6 Å². The Balaban J connectivity index is 2.52. The van der Waals surface area contributed by atoms with Crippen molar-refractivity contribution in [1.29, 1.82) is 0 Å². The first-order valence-electron chi connectivity index (χ1n) is 7.19. The van der Waals surface area contributed by atoms with Crippen LogP contribution in [-0.4, -0.2) is 18.6 Å². The summed E-state index contributed by atoms with van der Waals surface area (Å²) >= 11 is 0. The molecule has 0 saturated carbocycles. The second-order valence-electron chi connectivity index (χ2n) is 5.80. The van der Waals surface area contributed by atoms with Gasteiger partial charge >= 0.3 is 0 Å². The smallest absolute Gasteiger partial charge is 0.220 e. The molecule has 1 rings (SSSR count). The van der Waals surface area contributed by atoms with Gasteiger partial charge in [-0.2, -0.15) is 0 Å². The van der Waals surface area contributed by atoms with Crippen LogP contribution in [0, 0.1) is 5.92 Å². The second kappa shape index (κ2) is 7.78. The molecule has 0 saturated heterocycles. The molecule has 4 nitrogen and oxygen atoms in total. The van der Waals surface area contributed by atoms with Crippen molar-refractivity contribution in [3.05, 3.63) is 23.8 Å². The molecule has 0 fully saturated rings. The first-order chi connectivity index (χ1) is 9.38. The van der Waals surface area contributed by atoms with Crippen molar-refractivity contribution in [1.82, 2.24) is 5.32 Å². The maximum absolute atomic E-state index is 11.6. The number of nitrogen functional groups attached to an aromatic ring is 1. The quantitative estimate of drug-likeness (QED) is 0.754. The molecule has 1 aromatic carbocycles. The van der Waals surface area contributed by atoms with E-state index in [1.54, 1.807) is 0 Å². The lowest BCUT2D eigenvalue weighted by atomic mass is 10.1. The van der Waals surface area contributed by atoms with Gasteiger partial charge in [-0.1, -0.05) is 19.9 Å². The SMILES string of the molecule is CC(C)COc1ccc(CCC(=O)NC(C)C)cc1N. The van der Waals surface area contributed by atoms with Gasteiger partial charge in [-0.3, -0.25) is 4.79 Å². The Labute approximate surface area is 121 Å². The zero-order chi connectivity index (χ0) is 15.1. The van der Waals surface area contributed by atoms with E-state index in [0.717, 1.165) is 5.56 Å². The van der Waals surface area contributed by atoms with Gasteiger partial charge in [0.1, 0.15) is 5.75 Å². The molecular formula is C16H26N2O2. The fourth-order valence-electron chi connectivity index (χ4n) is 1.79. The molecule has 0 spiro atoms. The van der Waals surface area contributed by atoms with Gasteiger partial charge in [0.25, 0.3) is 0 Å². The van der Waals surface area contributed by atoms with Gasteiger partial charge in [0.15, 0.2) is 0 Å². The summed E-state index contributed by atoms with van der Waals surface area (Å²) in [5.74, 6) is 1.25. The summed E-state index contributed by atoms with van der Waals surface area (Å²) in [6.07, 6.45) is 1.16. The van der Waals surface area contributed by atoms with Crippen LogP contribution in [-0.2, 0) is 11.2 Å². The third-order valence-corrected chi connectivity index (χ3v) is 2.74. The van der Waals surface area contributed by atoms with Gasteiger partial charge in [0, 0.05) is 12.5 Å². The Morgan fingerprint density at radius 2 is 2.00 bits per heavy atom. The molecule has 0 bridgehead atoms. The Hall–Kier alpha value is -1.71. The van der Waals surface area contributed by atoms with Crippen molar-refractivity contribution in [3.8, 4) is 5.75 Å². The maximum atomic E-state index is 11.6. The number of rotatable bonds is 7. The zero-order valence-corrected chi connectivity index (χ0v) is 12.9. The van der Waals surface area contributed by atoms with Gasteiger partial charge < -0.3 is 15.8 Å². The molecule has 0 aliphatic heterocycles. The Morgan fingerprint density at radius 3 is 2.55 bits per heavy atom. The highest BCUT2D eigenvalue weighted by atomic mass is 16.5. The lowest BCUT2D eigenvalue weighted by Crippen LogP contribution is -2.30. The van der Waals surface area contributed by atoms with Crippen molar-refractivity contribution in [2.45, 2.75) is 46.6 Å². The van der Waals surface area contributed by atoms with Gasteiger partial charge in [0.2, 0.25) is 5.91 Å². The number of carbonyl (C=O) groups is 1. The van der Waals surface area contributed by atoms with E-state index in [2.05, 4.69) is 19.2 Å². The number of hydrogen-bond donors (Lipinski definition) is 2. The van der Waals surface area contributed by atoms with Crippen LogP contribution in [0.4, 0.5) is 5.69 Å². The number of aryl methyl sites for hydroxylation is 1. The lowest BCUT2D eigenvalue weighted by Gasteiger charge is -2.12. The number of hydrogen-bond acceptors (Lipinski definition) is 3. The topological polar surface area (TPSA) is 64.3 Å². The molecule has 112 valence electrons. The van der Waals surface area contributed by atoms with E-state index in [1.165, 1.54) is 0 Å². The zero-order valence-electron chi connectivity index (χ0n) is 12.9. The molecule has 0 radical (unpaired) electrons. The summed E-state index contributed by atoms with van der Waals surface area (Å²) in [7, 11) is 0. The highest BCUT2D eigenvalue weighted by Crippen LogP contribution is 2.23. The molecule has 0 atom stereocenters. The van der Waals surface area contributed by atoms with Crippen LogP contribution in [0.1, 0.15) is 39.7 Å². The van der Waals surface area contributed by atoms with Crippen LogP contribution in [0.2, 0.25) is 0 Å². The Morgan fingerprint density at radius 1 is 1.30 bits per heavy atom. The van der Waals surface area contributed by atoms with Crippen molar-refractivity contribution in [2.24, 2.45) is 5.92 Å². The fourth-order valence-corrected chi connectivity index (χ4v) is 1.79. The third kappa shape index (κ3) is 5.95. The summed E-state index contributed by atoms with van der Waals surface area (Å²) in [5.41, 5.74) is 7.66. The lowest BCUT2D eigenvalue weighted by molar-refractivity contribution is -0.121. The van der Waals surface area contributed by atoms with Crippen LogP contribution in [0.25, 0.3) is 0 Å². The van der Waals surface area contributed by atoms with E-state index in [0.29, 0.717) is 36.8 Å².